The van der Waals surface area contributed by atoms with Crippen molar-refractivity contribution in [2.24, 2.45) is 0 Å². The van der Waals surface area contributed by atoms with Gasteiger partial charge in [0.25, 0.3) is 0 Å². The normalized spacial score (nSPS) is 23.9. The number of hydrogen-bond acceptors (Lipinski definition) is 3. The molecule has 0 bridgehead atoms. The molecule has 0 amide bonds. The highest BCUT2D eigenvalue weighted by atomic mass is 15.2. The minimum Gasteiger partial charge on any atom is -0.347 e. The van der Waals surface area contributed by atoms with Crippen LogP contribution in [0.15, 0.2) is 12.5 Å². The van der Waals surface area contributed by atoms with Gasteiger partial charge in [-0.2, -0.15) is 0 Å². The third kappa shape index (κ3) is 2.08. The first-order valence-corrected chi connectivity index (χ1v) is 4.75. The van der Waals surface area contributed by atoms with E-state index in [0.29, 0.717) is 6.04 Å². The van der Waals surface area contributed by atoms with Gasteiger partial charge >= 0.3 is 0 Å². The molecule has 2 N–H and O–H groups in total. The van der Waals surface area contributed by atoms with Crippen molar-refractivity contribution in [1.29, 1.82) is 0 Å². The van der Waals surface area contributed by atoms with Crippen LogP contribution in [0.1, 0.15) is 12.1 Å². The fourth-order valence-electron chi connectivity index (χ4n) is 1.82. The van der Waals surface area contributed by atoms with E-state index in [2.05, 4.69) is 20.2 Å². The average Bonchev–Trinajstić information content (AvgIpc) is 2.76. The van der Waals surface area contributed by atoms with Crippen molar-refractivity contribution in [2.75, 3.05) is 20.1 Å². The summed E-state index contributed by atoms with van der Waals surface area (Å²) in [6, 6.07) is 0.669. The van der Waals surface area contributed by atoms with Crippen LogP contribution in [0.2, 0.25) is 0 Å². The van der Waals surface area contributed by atoms with Crippen molar-refractivity contribution in [3.63, 3.8) is 0 Å². The summed E-state index contributed by atoms with van der Waals surface area (Å²) in [7, 11) is 2.03. The lowest BCUT2D eigenvalue weighted by Gasteiger charge is -2.14. The number of likely N-dealkylation sites (tertiary alicyclic amines) is 1. The van der Waals surface area contributed by atoms with Crippen LogP contribution >= 0.6 is 0 Å². The lowest BCUT2D eigenvalue weighted by atomic mass is 10.3. The molecule has 72 valence electrons. The van der Waals surface area contributed by atoms with Crippen LogP contribution < -0.4 is 5.32 Å². The molecule has 0 radical (unpaired) electrons. The maximum absolute atomic E-state index is 4.01. The van der Waals surface area contributed by atoms with Gasteiger partial charge in [0.05, 0.1) is 6.33 Å². The van der Waals surface area contributed by atoms with Crippen LogP contribution in [-0.4, -0.2) is 41.0 Å². The van der Waals surface area contributed by atoms with Crippen molar-refractivity contribution in [2.45, 2.75) is 19.0 Å². The van der Waals surface area contributed by atoms with Gasteiger partial charge < -0.3 is 10.3 Å². The van der Waals surface area contributed by atoms with E-state index in [1.165, 1.54) is 18.7 Å². The smallest absolute Gasteiger partial charge is 0.0922 e. The van der Waals surface area contributed by atoms with E-state index in [1.807, 2.05) is 13.2 Å². The number of rotatable bonds is 3. The molecule has 1 atom stereocenters. The topological polar surface area (TPSA) is 44.0 Å². The molecule has 1 aromatic rings. The molecule has 1 aliphatic rings. The molecule has 0 aromatic carbocycles. The molecule has 1 aromatic heterocycles. The summed E-state index contributed by atoms with van der Waals surface area (Å²) in [5, 5.41) is 3.31. The summed E-state index contributed by atoms with van der Waals surface area (Å²) in [4.78, 5) is 9.57. The lowest BCUT2D eigenvalue weighted by molar-refractivity contribution is 0.319. The molecule has 4 nitrogen and oxygen atoms in total. The van der Waals surface area contributed by atoms with Gasteiger partial charge in [-0.1, -0.05) is 0 Å². The number of aromatic nitrogens is 2. The van der Waals surface area contributed by atoms with Gasteiger partial charge in [-0.25, -0.2) is 4.98 Å². The van der Waals surface area contributed by atoms with Gasteiger partial charge in [0.15, 0.2) is 0 Å². The Labute approximate surface area is 78.4 Å². The monoisotopic (exact) mass is 180 g/mol. The molecular formula is C9H16N4. The van der Waals surface area contributed by atoms with Crippen LogP contribution in [0.4, 0.5) is 0 Å². The minimum absolute atomic E-state index is 0.669. The van der Waals surface area contributed by atoms with Crippen molar-refractivity contribution >= 4 is 0 Å². The van der Waals surface area contributed by atoms with Gasteiger partial charge in [0.1, 0.15) is 0 Å². The Bertz CT molecular complexity index is 244. The summed E-state index contributed by atoms with van der Waals surface area (Å²) in [6.45, 7) is 3.33. The SMILES string of the molecule is CNC1CCN(Cc2cnc[nH]2)C1. The number of nitrogens with one attached hydrogen (secondary N) is 2. The van der Waals surface area contributed by atoms with Crippen LogP contribution in [0, 0.1) is 0 Å². The van der Waals surface area contributed by atoms with Gasteiger partial charge in [0.2, 0.25) is 0 Å². The Balaban J connectivity index is 1.84. The predicted octanol–water partition coefficient (Wildman–Crippen LogP) is 0.203. The number of H-pyrrole nitrogens is 1. The summed E-state index contributed by atoms with van der Waals surface area (Å²) in [6.07, 6.45) is 4.89. The Hall–Kier alpha value is -0.870. The number of likely N-dealkylation sites (N-methyl/N-ethyl adjacent to an activating group) is 1. The number of hydrogen-bond donors (Lipinski definition) is 2. The van der Waals surface area contributed by atoms with Crippen LogP contribution in [0.3, 0.4) is 0 Å². The summed E-state index contributed by atoms with van der Waals surface area (Å²) < 4.78 is 0. The van der Waals surface area contributed by atoms with E-state index in [1.54, 1.807) is 6.33 Å². The van der Waals surface area contributed by atoms with Gasteiger partial charge in [-0.05, 0) is 13.5 Å². The van der Waals surface area contributed by atoms with Crippen molar-refractivity contribution in [1.82, 2.24) is 20.2 Å². The third-order valence-corrected chi connectivity index (χ3v) is 2.63. The molecule has 0 aliphatic carbocycles. The largest absolute Gasteiger partial charge is 0.347 e. The first kappa shape index (κ1) is 8.72. The molecule has 2 rings (SSSR count). The molecule has 1 saturated heterocycles. The highest BCUT2D eigenvalue weighted by Crippen LogP contribution is 2.11. The molecule has 0 saturated carbocycles. The molecule has 1 fully saturated rings. The van der Waals surface area contributed by atoms with E-state index in [9.17, 15) is 0 Å². The summed E-state index contributed by atoms with van der Waals surface area (Å²) in [5.74, 6) is 0. The van der Waals surface area contributed by atoms with E-state index >= 15 is 0 Å². The molecule has 2 heterocycles. The van der Waals surface area contributed by atoms with Gasteiger partial charge in [-0.3, -0.25) is 4.90 Å². The van der Waals surface area contributed by atoms with E-state index in [4.69, 9.17) is 0 Å². The van der Waals surface area contributed by atoms with Crippen LogP contribution in [0.5, 0.6) is 0 Å². The zero-order valence-corrected chi connectivity index (χ0v) is 7.95. The van der Waals surface area contributed by atoms with Gasteiger partial charge in [-0.15, -0.1) is 0 Å². The van der Waals surface area contributed by atoms with Crippen LogP contribution in [-0.2, 0) is 6.54 Å². The molecule has 4 heteroatoms. The minimum atomic E-state index is 0.669. The highest BCUT2D eigenvalue weighted by molar-refractivity contribution is 4.95. The lowest BCUT2D eigenvalue weighted by Crippen LogP contribution is -2.29. The maximum Gasteiger partial charge on any atom is 0.0922 e. The van der Waals surface area contributed by atoms with E-state index < -0.39 is 0 Å². The second kappa shape index (κ2) is 3.89. The molecule has 13 heavy (non-hydrogen) atoms. The molecule has 1 unspecified atom stereocenters. The first-order valence-electron chi connectivity index (χ1n) is 4.75. The van der Waals surface area contributed by atoms with Crippen molar-refractivity contribution in [3.05, 3.63) is 18.2 Å². The molecular weight excluding hydrogens is 164 g/mol. The second-order valence-electron chi connectivity index (χ2n) is 3.59. The summed E-state index contributed by atoms with van der Waals surface area (Å²) >= 11 is 0. The number of aromatic amines is 1. The quantitative estimate of drug-likeness (QED) is 0.698. The Morgan fingerprint density at radius 3 is 3.31 bits per heavy atom. The Kier molecular flexibility index (Phi) is 2.61. The zero-order valence-electron chi connectivity index (χ0n) is 7.95. The number of imidazole rings is 1. The van der Waals surface area contributed by atoms with Gasteiger partial charge in [0, 0.05) is 37.6 Å². The highest BCUT2D eigenvalue weighted by Gasteiger charge is 2.20. The number of nitrogens with zero attached hydrogens (tertiary/aromatic N) is 2. The fourth-order valence-corrected chi connectivity index (χ4v) is 1.82. The first-order chi connectivity index (χ1) is 6.38. The Morgan fingerprint density at radius 2 is 2.69 bits per heavy atom. The van der Waals surface area contributed by atoms with Crippen LogP contribution in [0.25, 0.3) is 0 Å². The predicted molar refractivity (Wildman–Crippen MR) is 51.3 cm³/mol. The van der Waals surface area contributed by atoms with Crippen molar-refractivity contribution in [3.8, 4) is 0 Å². The second-order valence-corrected chi connectivity index (χ2v) is 3.59. The fraction of sp³-hybridized carbons (Fsp3) is 0.667. The maximum atomic E-state index is 4.01. The zero-order chi connectivity index (χ0) is 9.10. The third-order valence-electron chi connectivity index (χ3n) is 2.63. The molecule has 0 spiro atoms. The average molecular weight is 180 g/mol. The summed E-state index contributed by atoms with van der Waals surface area (Å²) in [5.41, 5.74) is 1.21. The molecule has 1 aliphatic heterocycles. The Morgan fingerprint density at radius 1 is 1.77 bits per heavy atom. The van der Waals surface area contributed by atoms with Crippen molar-refractivity contribution < 1.29 is 0 Å². The van der Waals surface area contributed by atoms with E-state index in [0.717, 1.165) is 13.1 Å². The van der Waals surface area contributed by atoms with E-state index in [-0.39, 0.29) is 0 Å². The standard InChI is InChI=1S/C9H16N4/c1-10-8-2-3-13(5-8)6-9-4-11-7-12-9/h4,7-8,10H,2-3,5-6H2,1H3,(H,11,12).